The summed E-state index contributed by atoms with van der Waals surface area (Å²) in [5.41, 5.74) is 0.814. The molecule has 1 saturated heterocycles. The Labute approximate surface area is 160 Å². The fourth-order valence-corrected chi connectivity index (χ4v) is 3.54. The summed E-state index contributed by atoms with van der Waals surface area (Å²) in [4.78, 5) is 16.9. The molecule has 1 aromatic carbocycles. The van der Waals surface area contributed by atoms with Crippen molar-refractivity contribution in [1.82, 2.24) is 9.80 Å². The van der Waals surface area contributed by atoms with Crippen molar-refractivity contribution in [3.8, 4) is 11.5 Å². The van der Waals surface area contributed by atoms with Gasteiger partial charge in [0.25, 0.3) is 0 Å². The van der Waals surface area contributed by atoms with Gasteiger partial charge < -0.3 is 14.4 Å². The number of ether oxygens (including phenoxy) is 2. The van der Waals surface area contributed by atoms with Crippen molar-refractivity contribution in [2.75, 3.05) is 26.7 Å². The Bertz CT molecular complexity index is 611. The molecular formula is C20H30F2N2O3. The van der Waals surface area contributed by atoms with Crippen molar-refractivity contribution in [3.63, 3.8) is 0 Å². The van der Waals surface area contributed by atoms with Gasteiger partial charge in [-0.3, -0.25) is 9.69 Å². The SMILES string of the molecule is CCCN1CCCCC1C(=O)N(C)Cc1ccc(OC(F)F)c(OCC)c1. The highest BCUT2D eigenvalue weighted by Gasteiger charge is 2.30. The molecule has 152 valence electrons. The highest BCUT2D eigenvalue weighted by molar-refractivity contribution is 5.81. The quantitative estimate of drug-likeness (QED) is 0.647. The fraction of sp³-hybridized carbons (Fsp3) is 0.650. The Morgan fingerprint density at radius 3 is 2.74 bits per heavy atom. The molecule has 0 spiro atoms. The van der Waals surface area contributed by atoms with Gasteiger partial charge in [0.2, 0.25) is 5.91 Å². The molecule has 2 rings (SSSR count). The average Bonchev–Trinajstić information content (AvgIpc) is 2.64. The normalized spacial score (nSPS) is 17.8. The Hall–Kier alpha value is -1.89. The van der Waals surface area contributed by atoms with Crippen LogP contribution in [0.3, 0.4) is 0 Å². The van der Waals surface area contributed by atoms with E-state index in [2.05, 4.69) is 16.6 Å². The summed E-state index contributed by atoms with van der Waals surface area (Å²) in [6, 6.07) is 4.75. The van der Waals surface area contributed by atoms with Crippen LogP contribution >= 0.6 is 0 Å². The molecule has 1 aliphatic rings. The zero-order valence-electron chi connectivity index (χ0n) is 16.4. The number of hydrogen-bond acceptors (Lipinski definition) is 4. The first-order valence-electron chi connectivity index (χ1n) is 9.65. The minimum absolute atomic E-state index is 0.00554. The molecule has 0 N–H and O–H groups in total. The van der Waals surface area contributed by atoms with Crippen LogP contribution in [0.4, 0.5) is 8.78 Å². The number of halogens is 2. The van der Waals surface area contributed by atoms with E-state index in [0.29, 0.717) is 13.2 Å². The van der Waals surface area contributed by atoms with Crippen molar-refractivity contribution in [1.29, 1.82) is 0 Å². The van der Waals surface area contributed by atoms with E-state index in [-0.39, 0.29) is 23.4 Å². The van der Waals surface area contributed by atoms with Crippen molar-refractivity contribution >= 4 is 5.91 Å². The summed E-state index contributed by atoms with van der Waals surface area (Å²) >= 11 is 0. The molecule has 7 heteroatoms. The third-order valence-corrected chi connectivity index (χ3v) is 4.73. The second-order valence-corrected chi connectivity index (χ2v) is 6.83. The summed E-state index contributed by atoms with van der Waals surface area (Å²) in [6.07, 6.45) is 4.11. The summed E-state index contributed by atoms with van der Waals surface area (Å²) in [5.74, 6) is 0.376. The first-order valence-corrected chi connectivity index (χ1v) is 9.65. The number of amides is 1. The second kappa shape index (κ2) is 10.4. The predicted molar refractivity (Wildman–Crippen MR) is 100 cm³/mol. The Balaban J connectivity index is 2.08. The van der Waals surface area contributed by atoms with E-state index < -0.39 is 6.61 Å². The molecule has 1 heterocycles. The lowest BCUT2D eigenvalue weighted by Crippen LogP contribution is -2.49. The lowest BCUT2D eigenvalue weighted by Gasteiger charge is -2.36. The summed E-state index contributed by atoms with van der Waals surface area (Å²) in [6.45, 7) is 3.62. The van der Waals surface area contributed by atoms with Crippen LogP contribution in [0.5, 0.6) is 11.5 Å². The number of likely N-dealkylation sites (tertiary alicyclic amines) is 1. The first kappa shape index (κ1) is 21.4. The predicted octanol–water partition coefficient (Wildman–Crippen LogP) is 3.91. The van der Waals surface area contributed by atoms with Crippen LogP contribution in [0.2, 0.25) is 0 Å². The lowest BCUT2D eigenvalue weighted by atomic mass is 10.0. The number of alkyl halides is 2. The lowest BCUT2D eigenvalue weighted by molar-refractivity contribution is -0.137. The zero-order valence-corrected chi connectivity index (χ0v) is 16.4. The summed E-state index contributed by atoms with van der Waals surface area (Å²) in [7, 11) is 1.78. The number of hydrogen-bond donors (Lipinski definition) is 0. The van der Waals surface area contributed by atoms with Crippen LogP contribution < -0.4 is 9.47 Å². The number of benzene rings is 1. The minimum atomic E-state index is -2.91. The molecule has 1 atom stereocenters. The monoisotopic (exact) mass is 384 g/mol. The fourth-order valence-electron chi connectivity index (χ4n) is 3.54. The van der Waals surface area contributed by atoms with Crippen molar-refractivity contribution in [2.45, 2.75) is 58.7 Å². The molecule has 1 aliphatic heterocycles. The molecular weight excluding hydrogens is 354 g/mol. The maximum atomic E-state index is 12.9. The Kier molecular flexibility index (Phi) is 8.28. The van der Waals surface area contributed by atoms with Crippen molar-refractivity contribution in [3.05, 3.63) is 23.8 Å². The van der Waals surface area contributed by atoms with E-state index >= 15 is 0 Å². The molecule has 0 aliphatic carbocycles. The molecule has 1 unspecified atom stereocenters. The van der Waals surface area contributed by atoms with Crippen LogP contribution in [-0.4, -0.2) is 55.1 Å². The van der Waals surface area contributed by atoms with Gasteiger partial charge in [0.05, 0.1) is 12.6 Å². The van der Waals surface area contributed by atoms with Crippen molar-refractivity contribution < 1.29 is 23.0 Å². The Morgan fingerprint density at radius 1 is 1.30 bits per heavy atom. The number of carbonyl (C=O) groups is 1. The van der Waals surface area contributed by atoms with Crippen LogP contribution in [0, 0.1) is 0 Å². The number of likely N-dealkylation sites (N-methyl/N-ethyl adjacent to an activating group) is 1. The smallest absolute Gasteiger partial charge is 0.387 e. The molecule has 0 aromatic heterocycles. The highest BCUT2D eigenvalue weighted by atomic mass is 19.3. The minimum Gasteiger partial charge on any atom is -0.490 e. The topological polar surface area (TPSA) is 42.0 Å². The third-order valence-electron chi connectivity index (χ3n) is 4.73. The molecule has 1 aromatic rings. The highest BCUT2D eigenvalue weighted by Crippen LogP contribution is 2.30. The number of rotatable bonds is 9. The number of carbonyl (C=O) groups excluding carboxylic acids is 1. The zero-order chi connectivity index (χ0) is 19.8. The standard InChI is InChI=1S/C20H30F2N2O3/c1-4-11-24-12-7-6-8-16(24)19(25)23(3)14-15-9-10-17(27-20(21)22)18(13-15)26-5-2/h9-10,13,16,20H,4-8,11-12,14H2,1-3H3. The van der Waals surface area contributed by atoms with Gasteiger partial charge in [-0.15, -0.1) is 0 Å². The molecule has 0 bridgehead atoms. The third kappa shape index (κ3) is 6.06. The van der Waals surface area contributed by atoms with Crippen molar-refractivity contribution in [2.24, 2.45) is 0 Å². The maximum absolute atomic E-state index is 12.9. The van der Waals surface area contributed by atoms with Crippen LogP contribution in [-0.2, 0) is 11.3 Å². The average molecular weight is 384 g/mol. The summed E-state index contributed by atoms with van der Waals surface area (Å²) in [5, 5.41) is 0. The van der Waals surface area contributed by atoms with E-state index in [1.54, 1.807) is 31.0 Å². The van der Waals surface area contributed by atoms with Gasteiger partial charge in [-0.1, -0.05) is 19.4 Å². The van der Waals surface area contributed by atoms with E-state index in [4.69, 9.17) is 4.74 Å². The van der Waals surface area contributed by atoms with Gasteiger partial charge >= 0.3 is 6.61 Å². The van der Waals surface area contributed by atoms with Gasteiger partial charge in [0.1, 0.15) is 0 Å². The molecule has 5 nitrogen and oxygen atoms in total. The van der Waals surface area contributed by atoms with Gasteiger partial charge in [-0.05, 0) is 57.0 Å². The van der Waals surface area contributed by atoms with Crippen LogP contribution in [0.15, 0.2) is 18.2 Å². The first-order chi connectivity index (χ1) is 13.0. The van der Waals surface area contributed by atoms with Gasteiger partial charge in [-0.2, -0.15) is 8.78 Å². The van der Waals surface area contributed by atoms with E-state index in [1.165, 1.54) is 6.07 Å². The molecule has 1 fully saturated rings. The number of nitrogens with zero attached hydrogens (tertiary/aromatic N) is 2. The Morgan fingerprint density at radius 2 is 2.07 bits per heavy atom. The van der Waals surface area contributed by atoms with Crippen LogP contribution in [0.1, 0.15) is 45.1 Å². The second-order valence-electron chi connectivity index (χ2n) is 6.83. The number of piperidine rings is 1. The molecule has 27 heavy (non-hydrogen) atoms. The molecule has 0 saturated carbocycles. The van der Waals surface area contributed by atoms with Gasteiger partial charge in [-0.25, -0.2) is 0 Å². The maximum Gasteiger partial charge on any atom is 0.387 e. The van der Waals surface area contributed by atoms with E-state index in [9.17, 15) is 13.6 Å². The molecule has 0 radical (unpaired) electrons. The van der Waals surface area contributed by atoms with Crippen LogP contribution in [0.25, 0.3) is 0 Å². The van der Waals surface area contributed by atoms with E-state index in [0.717, 1.165) is 44.3 Å². The van der Waals surface area contributed by atoms with E-state index in [1.807, 2.05) is 0 Å². The summed E-state index contributed by atoms with van der Waals surface area (Å²) < 4.78 is 35.0. The van der Waals surface area contributed by atoms with Gasteiger partial charge in [0.15, 0.2) is 11.5 Å². The largest absolute Gasteiger partial charge is 0.490 e. The van der Waals surface area contributed by atoms with Gasteiger partial charge in [0, 0.05) is 13.6 Å². The molecule has 1 amide bonds.